The number of hydrogen-bond acceptors (Lipinski definition) is 4. The number of anilines is 1. The van der Waals surface area contributed by atoms with Crippen LogP contribution in [0.5, 0.6) is 0 Å². The average molecular weight is 314 g/mol. The summed E-state index contributed by atoms with van der Waals surface area (Å²) in [4.78, 5) is 3.88. The minimum atomic E-state index is -4.52. The quantitative estimate of drug-likeness (QED) is 0.749. The summed E-state index contributed by atoms with van der Waals surface area (Å²) in [5.41, 5.74) is 5.65. The molecule has 21 heavy (non-hydrogen) atoms. The van der Waals surface area contributed by atoms with E-state index in [0.717, 1.165) is 12.3 Å². The minimum Gasteiger partial charge on any atom is -0.397 e. The van der Waals surface area contributed by atoms with Gasteiger partial charge in [-0.2, -0.15) is 13.2 Å². The molecule has 0 unspecified atom stereocenters. The second-order valence-corrected chi connectivity index (χ2v) is 4.71. The van der Waals surface area contributed by atoms with E-state index < -0.39 is 11.7 Å². The molecule has 0 aliphatic rings. The Balaban J connectivity index is 2.28. The summed E-state index contributed by atoms with van der Waals surface area (Å²) >= 11 is 5.84. The summed E-state index contributed by atoms with van der Waals surface area (Å²) in [5.74, 6) is 0.179. The number of halogens is 4. The highest BCUT2D eigenvalue weighted by molar-refractivity contribution is 6.33. The van der Waals surface area contributed by atoms with Gasteiger partial charge in [0.15, 0.2) is 11.5 Å². The molecular weight excluding hydrogens is 307 g/mol. The highest BCUT2D eigenvalue weighted by Crippen LogP contribution is 2.33. The molecule has 0 fully saturated rings. The van der Waals surface area contributed by atoms with E-state index in [1.807, 2.05) is 0 Å². The lowest BCUT2D eigenvalue weighted by Crippen LogP contribution is -2.07. The number of hydrogen-bond donors (Lipinski definition) is 1. The molecule has 0 amide bonds. The van der Waals surface area contributed by atoms with E-state index in [1.54, 1.807) is 0 Å². The smallest absolute Gasteiger partial charge is 0.397 e. The minimum absolute atomic E-state index is 0.127. The second kappa shape index (κ2) is 4.59. The Morgan fingerprint density at radius 3 is 2.57 bits per heavy atom. The lowest BCUT2D eigenvalue weighted by molar-refractivity contribution is -0.137. The van der Waals surface area contributed by atoms with Gasteiger partial charge in [-0.15, -0.1) is 10.2 Å². The number of fused-ring (bicyclic) bond motifs is 1. The number of aromatic nitrogens is 4. The average Bonchev–Trinajstić information content (AvgIpc) is 2.82. The molecule has 0 aliphatic carbocycles. The number of pyridine rings is 2. The molecule has 0 aromatic carbocycles. The highest BCUT2D eigenvalue weighted by atomic mass is 35.5. The Labute approximate surface area is 121 Å². The Morgan fingerprint density at radius 2 is 1.90 bits per heavy atom. The largest absolute Gasteiger partial charge is 0.417 e. The lowest BCUT2D eigenvalue weighted by atomic mass is 10.2. The second-order valence-electron chi connectivity index (χ2n) is 4.30. The topological polar surface area (TPSA) is 69.1 Å². The van der Waals surface area contributed by atoms with Gasteiger partial charge >= 0.3 is 6.18 Å². The highest BCUT2D eigenvalue weighted by Gasteiger charge is 2.32. The molecule has 3 aromatic heterocycles. The molecule has 0 spiro atoms. The molecule has 0 radical (unpaired) electrons. The summed E-state index contributed by atoms with van der Waals surface area (Å²) in [5, 5.41) is 7.51. The number of rotatable bonds is 1. The summed E-state index contributed by atoms with van der Waals surface area (Å²) in [6.45, 7) is 0. The zero-order chi connectivity index (χ0) is 15.2. The number of nitrogens with zero attached hydrogens (tertiary/aromatic N) is 4. The van der Waals surface area contributed by atoms with Crippen LogP contribution < -0.4 is 5.73 Å². The van der Waals surface area contributed by atoms with Crippen LogP contribution in [0.15, 0.2) is 30.7 Å². The van der Waals surface area contributed by atoms with Crippen molar-refractivity contribution >= 4 is 22.9 Å². The van der Waals surface area contributed by atoms with Gasteiger partial charge in [0.25, 0.3) is 0 Å². The predicted octanol–water partition coefficient (Wildman–Crippen LogP) is 3.05. The first kappa shape index (κ1) is 13.6. The van der Waals surface area contributed by atoms with Gasteiger partial charge in [0.05, 0.1) is 16.3 Å². The van der Waals surface area contributed by atoms with E-state index in [2.05, 4.69) is 15.2 Å². The summed E-state index contributed by atoms with van der Waals surface area (Å²) < 4.78 is 39.7. The van der Waals surface area contributed by atoms with Crippen molar-refractivity contribution in [2.45, 2.75) is 6.18 Å². The third kappa shape index (κ3) is 2.38. The Morgan fingerprint density at radius 1 is 1.14 bits per heavy atom. The maximum absolute atomic E-state index is 12.9. The van der Waals surface area contributed by atoms with E-state index >= 15 is 0 Å². The fourth-order valence-corrected chi connectivity index (χ4v) is 2.13. The van der Waals surface area contributed by atoms with Gasteiger partial charge in [-0.3, -0.25) is 9.38 Å². The van der Waals surface area contributed by atoms with Gasteiger partial charge in [0, 0.05) is 24.2 Å². The normalized spacial score (nSPS) is 12.0. The zero-order valence-corrected chi connectivity index (χ0v) is 11.0. The van der Waals surface area contributed by atoms with Gasteiger partial charge in [0.1, 0.15) is 0 Å². The van der Waals surface area contributed by atoms with Crippen molar-refractivity contribution in [3.8, 4) is 11.4 Å². The molecule has 0 saturated heterocycles. The number of nitrogen functional groups attached to an aromatic ring is 1. The van der Waals surface area contributed by atoms with E-state index in [-0.39, 0.29) is 16.5 Å². The standard InChI is InChI=1S/C12H7ClF3N5/c13-9-2-7(12(14,15)16)5-21-10(19-20-11(9)21)6-1-8(17)4-18-3-6/h1-5H,17H2. The Bertz CT molecular complexity index is 827. The van der Waals surface area contributed by atoms with Crippen LogP contribution in [0.25, 0.3) is 17.0 Å². The first-order valence-corrected chi connectivity index (χ1v) is 6.06. The van der Waals surface area contributed by atoms with Crippen LogP contribution >= 0.6 is 11.6 Å². The Kier molecular flexibility index (Phi) is 2.98. The fourth-order valence-electron chi connectivity index (χ4n) is 1.89. The Hall–Kier alpha value is -2.35. The third-order valence-corrected chi connectivity index (χ3v) is 3.08. The van der Waals surface area contributed by atoms with Crippen molar-refractivity contribution in [3.05, 3.63) is 41.3 Å². The van der Waals surface area contributed by atoms with Gasteiger partial charge in [-0.1, -0.05) is 11.6 Å². The van der Waals surface area contributed by atoms with Crippen molar-refractivity contribution in [1.82, 2.24) is 19.6 Å². The molecule has 0 bridgehead atoms. The summed E-state index contributed by atoms with van der Waals surface area (Å²) in [6, 6.07) is 2.35. The molecule has 5 nitrogen and oxygen atoms in total. The molecule has 108 valence electrons. The van der Waals surface area contributed by atoms with Crippen molar-refractivity contribution in [2.24, 2.45) is 0 Å². The number of nitrogens with two attached hydrogens (primary N) is 1. The SMILES string of the molecule is Nc1cncc(-c2nnc3c(Cl)cc(C(F)(F)F)cn23)c1. The van der Waals surface area contributed by atoms with Crippen LogP contribution in [0.2, 0.25) is 5.02 Å². The molecular formula is C12H7ClF3N5. The van der Waals surface area contributed by atoms with Crippen LogP contribution in [-0.2, 0) is 6.18 Å². The maximum atomic E-state index is 12.9. The molecule has 3 heterocycles. The lowest BCUT2D eigenvalue weighted by Gasteiger charge is -2.09. The van der Waals surface area contributed by atoms with E-state index in [0.29, 0.717) is 11.3 Å². The van der Waals surface area contributed by atoms with Crippen LogP contribution in [0, 0.1) is 0 Å². The van der Waals surface area contributed by atoms with Crippen LogP contribution in [0.1, 0.15) is 5.56 Å². The number of alkyl halides is 3. The van der Waals surface area contributed by atoms with Crippen molar-refractivity contribution < 1.29 is 13.2 Å². The van der Waals surface area contributed by atoms with E-state index in [9.17, 15) is 13.2 Å². The van der Waals surface area contributed by atoms with Crippen molar-refractivity contribution in [2.75, 3.05) is 5.73 Å². The molecule has 2 N–H and O–H groups in total. The van der Waals surface area contributed by atoms with Gasteiger partial charge in [-0.25, -0.2) is 0 Å². The molecule has 9 heteroatoms. The summed E-state index contributed by atoms with van der Waals surface area (Å²) in [7, 11) is 0. The first-order chi connectivity index (χ1) is 9.86. The maximum Gasteiger partial charge on any atom is 0.417 e. The van der Waals surface area contributed by atoms with Crippen LogP contribution in [-0.4, -0.2) is 19.6 Å². The van der Waals surface area contributed by atoms with Crippen LogP contribution in [0.4, 0.5) is 18.9 Å². The first-order valence-electron chi connectivity index (χ1n) is 5.68. The van der Waals surface area contributed by atoms with Gasteiger partial charge < -0.3 is 5.73 Å². The third-order valence-electron chi connectivity index (χ3n) is 2.80. The molecule has 0 saturated carbocycles. The molecule has 3 aromatic rings. The zero-order valence-electron chi connectivity index (χ0n) is 10.3. The van der Waals surface area contributed by atoms with Crippen LogP contribution in [0.3, 0.4) is 0 Å². The van der Waals surface area contributed by atoms with E-state index in [1.165, 1.54) is 22.9 Å². The van der Waals surface area contributed by atoms with E-state index in [4.69, 9.17) is 17.3 Å². The molecule has 0 atom stereocenters. The molecule has 0 aliphatic heterocycles. The monoisotopic (exact) mass is 313 g/mol. The predicted molar refractivity (Wildman–Crippen MR) is 70.6 cm³/mol. The van der Waals surface area contributed by atoms with Crippen molar-refractivity contribution in [1.29, 1.82) is 0 Å². The molecule has 3 rings (SSSR count). The van der Waals surface area contributed by atoms with Gasteiger partial charge in [-0.05, 0) is 12.1 Å². The van der Waals surface area contributed by atoms with Gasteiger partial charge in [0.2, 0.25) is 0 Å². The fraction of sp³-hybridized carbons (Fsp3) is 0.0833. The summed E-state index contributed by atoms with van der Waals surface area (Å²) in [6.07, 6.45) is -0.783. The van der Waals surface area contributed by atoms with Crippen molar-refractivity contribution in [3.63, 3.8) is 0 Å².